The van der Waals surface area contributed by atoms with Gasteiger partial charge in [0, 0.05) is 11.5 Å². The summed E-state index contributed by atoms with van der Waals surface area (Å²) in [6, 6.07) is 0.285. The van der Waals surface area contributed by atoms with Crippen molar-refractivity contribution in [3.8, 4) is 0 Å². The predicted molar refractivity (Wildman–Crippen MR) is 64.8 cm³/mol. The molecule has 1 atom stereocenters. The smallest absolute Gasteiger partial charge is 0.155 e. The maximum atomic E-state index is 12.1. The first kappa shape index (κ1) is 14.6. The Balaban J connectivity index is 4.41. The highest BCUT2D eigenvalue weighted by atomic mass is 16.1. The van der Waals surface area contributed by atoms with Crippen LogP contribution < -0.4 is 11.1 Å². The van der Waals surface area contributed by atoms with Gasteiger partial charge in [0.1, 0.15) is 0 Å². The molecule has 0 aliphatic rings. The predicted octanol–water partition coefficient (Wildman–Crippen LogP) is 1.71. The van der Waals surface area contributed by atoms with E-state index < -0.39 is 0 Å². The van der Waals surface area contributed by atoms with Gasteiger partial charge >= 0.3 is 0 Å². The number of hydrogen-bond donors (Lipinski definition) is 2. The van der Waals surface area contributed by atoms with Crippen LogP contribution in [-0.4, -0.2) is 24.4 Å². The Bertz CT molecular complexity index is 194. The van der Waals surface area contributed by atoms with Gasteiger partial charge in [-0.1, -0.05) is 34.6 Å². The standard InChI is InChI=1S/C12H26N2O/c1-9(2)14-10(7-6-8-13)11(15)12(3,4)5/h9-10,14H,6-8,13H2,1-5H3/t10-/m0/s1. The first-order chi connectivity index (χ1) is 6.79. The largest absolute Gasteiger partial charge is 0.330 e. The Labute approximate surface area is 93.8 Å². The Morgan fingerprint density at radius 1 is 1.33 bits per heavy atom. The molecular formula is C12H26N2O. The molecule has 3 heteroatoms. The minimum Gasteiger partial charge on any atom is -0.330 e. The summed E-state index contributed by atoms with van der Waals surface area (Å²) in [4.78, 5) is 12.1. The number of rotatable bonds is 6. The third-order valence-corrected chi connectivity index (χ3v) is 2.29. The van der Waals surface area contributed by atoms with E-state index in [-0.39, 0.29) is 17.2 Å². The fourth-order valence-electron chi connectivity index (χ4n) is 1.54. The first-order valence-corrected chi connectivity index (χ1v) is 5.79. The van der Waals surface area contributed by atoms with Crippen molar-refractivity contribution in [2.75, 3.05) is 6.54 Å². The average molecular weight is 214 g/mol. The zero-order valence-electron chi connectivity index (χ0n) is 10.8. The van der Waals surface area contributed by atoms with E-state index in [2.05, 4.69) is 19.2 Å². The summed E-state index contributed by atoms with van der Waals surface area (Å²) in [5, 5.41) is 3.32. The van der Waals surface area contributed by atoms with E-state index in [9.17, 15) is 4.79 Å². The van der Waals surface area contributed by atoms with Gasteiger partial charge in [0.2, 0.25) is 0 Å². The van der Waals surface area contributed by atoms with Crippen LogP contribution in [0.3, 0.4) is 0 Å². The maximum Gasteiger partial charge on any atom is 0.155 e. The topological polar surface area (TPSA) is 55.1 Å². The minimum atomic E-state index is -0.277. The van der Waals surface area contributed by atoms with Crippen LogP contribution in [0.15, 0.2) is 0 Å². The van der Waals surface area contributed by atoms with Gasteiger partial charge in [-0.05, 0) is 19.4 Å². The lowest BCUT2D eigenvalue weighted by Crippen LogP contribution is -2.45. The molecule has 0 unspecified atom stereocenters. The molecule has 0 aromatic carbocycles. The highest BCUT2D eigenvalue weighted by Crippen LogP contribution is 2.19. The van der Waals surface area contributed by atoms with Crippen molar-refractivity contribution in [2.24, 2.45) is 11.1 Å². The molecule has 0 rings (SSSR count). The molecule has 3 nitrogen and oxygen atoms in total. The normalized spacial score (nSPS) is 14.3. The Morgan fingerprint density at radius 3 is 2.20 bits per heavy atom. The Morgan fingerprint density at radius 2 is 1.87 bits per heavy atom. The van der Waals surface area contributed by atoms with Crippen molar-refractivity contribution in [2.45, 2.75) is 59.5 Å². The van der Waals surface area contributed by atoms with E-state index in [1.807, 2.05) is 20.8 Å². The van der Waals surface area contributed by atoms with E-state index in [4.69, 9.17) is 5.73 Å². The lowest BCUT2D eigenvalue weighted by Gasteiger charge is -2.27. The van der Waals surface area contributed by atoms with Gasteiger partial charge in [-0.15, -0.1) is 0 Å². The average Bonchev–Trinajstić information content (AvgIpc) is 2.09. The number of carbonyl (C=O) groups excluding carboxylic acids is 1. The van der Waals surface area contributed by atoms with Gasteiger partial charge in [0.05, 0.1) is 6.04 Å². The minimum absolute atomic E-state index is 0.0476. The molecule has 90 valence electrons. The van der Waals surface area contributed by atoms with Gasteiger partial charge in [0.15, 0.2) is 5.78 Å². The van der Waals surface area contributed by atoms with Gasteiger partial charge in [0.25, 0.3) is 0 Å². The first-order valence-electron chi connectivity index (χ1n) is 5.79. The molecule has 0 aliphatic carbocycles. The second-order valence-electron chi connectivity index (χ2n) is 5.42. The van der Waals surface area contributed by atoms with Gasteiger partial charge < -0.3 is 11.1 Å². The number of nitrogens with one attached hydrogen (secondary N) is 1. The molecule has 0 aromatic heterocycles. The summed E-state index contributed by atoms with van der Waals surface area (Å²) >= 11 is 0. The molecule has 0 saturated carbocycles. The number of carbonyl (C=O) groups is 1. The molecular weight excluding hydrogens is 188 g/mol. The number of ketones is 1. The summed E-state index contributed by atoms with van der Waals surface area (Å²) < 4.78 is 0. The molecule has 0 fully saturated rings. The second-order valence-corrected chi connectivity index (χ2v) is 5.42. The third-order valence-electron chi connectivity index (χ3n) is 2.29. The van der Waals surface area contributed by atoms with Gasteiger partial charge in [-0.2, -0.15) is 0 Å². The molecule has 3 N–H and O–H groups in total. The Hall–Kier alpha value is -0.410. The van der Waals surface area contributed by atoms with Crippen LogP contribution in [0, 0.1) is 5.41 Å². The van der Waals surface area contributed by atoms with Gasteiger partial charge in [-0.25, -0.2) is 0 Å². The SMILES string of the molecule is CC(C)N[C@@H](CCCN)C(=O)C(C)(C)C. The molecule has 15 heavy (non-hydrogen) atoms. The molecule has 0 spiro atoms. The van der Waals surface area contributed by atoms with Crippen molar-refractivity contribution in [3.05, 3.63) is 0 Å². The van der Waals surface area contributed by atoms with E-state index in [1.165, 1.54) is 0 Å². The molecule has 0 saturated heterocycles. The van der Waals surface area contributed by atoms with Crippen LogP contribution in [-0.2, 0) is 4.79 Å². The molecule has 0 amide bonds. The van der Waals surface area contributed by atoms with Gasteiger partial charge in [-0.3, -0.25) is 4.79 Å². The summed E-state index contributed by atoms with van der Waals surface area (Å²) in [7, 11) is 0. The highest BCUT2D eigenvalue weighted by Gasteiger charge is 2.29. The van der Waals surface area contributed by atoms with E-state index >= 15 is 0 Å². The zero-order chi connectivity index (χ0) is 12.1. The molecule has 0 aromatic rings. The van der Waals surface area contributed by atoms with Crippen molar-refractivity contribution in [1.29, 1.82) is 0 Å². The molecule has 0 bridgehead atoms. The van der Waals surface area contributed by atoms with Crippen LogP contribution >= 0.6 is 0 Å². The van der Waals surface area contributed by atoms with Crippen molar-refractivity contribution < 1.29 is 4.79 Å². The van der Waals surface area contributed by atoms with Crippen molar-refractivity contribution in [3.63, 3.8) is 0 Å². The van der Waals surface area contributed by atoms with Crippen LogP contribution in [0.2, 0.25) is 0 Å². The van der Waals surface area contributed by atoms with Crippen LogP contribution in [0.1, 0.15) is 47.5 Å². The summed E-state index contributed by atoms with van der Waals surface area (Å²) in [5.41, 5.74) is 5.20. The summed E-state index contributed by atoms with van der Waals surface area (Å²) in [6.45, 7) is 10.7. The quantitative estimate of drug-likeness (QED) is 0.707. The van der Waals surface area contributed by atoms with E-state index in [0.29, 0.717) is 12.6 Å². The number of nitrogens with two attached hydrogens (primary N) is 1. The fourth-order valence-corrected chi connectivity index (χ4v) is 1.54. The summed E-state index contributed by atoms with van der Waals surface area (Å²) in [5.74, 6) is 0.282. The fraction of sp³-hybridized carbons (Fsp3) is 0.917. The zero-order valence-corrected chi connectivity index (χ0v) is 10.8. The van der Waals surface area contributed by atoms with Crippen LogP contribution in [0.25, 0.3) is 0 Å². The number of hydrogen-bond acceptors (Lipinski definition) is 3. The highest BCUT2D eigenvalue weighted by molar-refractivity contribution is 5.88. The molecule has 0 aliphatic heterocycles. The van der Waals surface area contributed by atoms with E-state index in [0.717, 1.165) is 12.8 Å². The van der Waals surface area contributed by atoms with Crippen LogP contribution in [0.4, 0.5) is 0 Å². The Kier molecular flexibility index (Phi) is 6.06. The lowest BCUT2D eigenvalue weighted by molar-refractivity contribution is -0.128. The lowest BCUT2D eigenvalue weighted by atomic mass is 9.84. The molecule has 0 heterocycles. The number of Topliss-reactive ketones (excluding diaryl/α,β-unsaturated/α-hetero) is 1. The summed E-state index contributed by atoms with van der Waals surface area (Å²) in [6.07, 6.45) is 1.73. The molecule has 0 radical (unpaired) electrons. The third kappa shape index (κ3) is 5.90. The monoisotopic (exact) mass is 214 g/mol. The van der Waals surface area contributed by atoms with E-state index in [1.54, 1.807) is 0 Å². The van der Waals surface area contributed by atoms with Crippen molar-refractivity contribution in [1.82, 2.24) is 5.32 Å². The second kappa shape index (κ2) is 6.23. The van der Waals surface area contributed by atoms with Crippen LogP contribution in [0.5, 0.6) is 0 Å². The van der Waals surface area contributed by atoms with Crippen molar-refractivity contribution >= 4 is 5.78 Å². The maximum absolute atomic E-state index is 12.1.